The number of carbonyl (C=O) groups excluding carboxylic acids is 3. The van der Waals surface area contributed by atoms with Crippen molar-refractivity contribution in [3.05, 3.63) is 86.5 Å². The lowest BCUT2D eigenvalue weighted by atomic mass is 9.92. The molecule has 64 heavy (non-hydrogen) atoms. The first-order chi connectivity index (χ1) is 30.5. The van der Waals surface area contributed by atoms with Crippen LogP contribution in [0.15, 0.2) is 36.4 Å². The molecule has 0 saturated carbocycles. The van der Waals surface area contributed by atoms with Gasteiger partial charge in [0.25, 0.3) is 0 Å². The number of esters is 3. The molecule has 0 aliphatic heterocycles. The second-order valence-electron chi connectivity index (χ2n) is 18.0. The smallest absolute Gasteiger partial charge is 0.306 e. The van der Waals surface area contributed by atoms with Gasteiger partial charge in [0, 0.05) is 25.7 Å². The first kappa shape index (κ1) is 53.7. The average Bonchev–Trinajstić information content (AvgIpc) is 3.26. The highest BCUT2D eigenvalue weighted by Gasteiger charge is 2.38. The van der Waals surface area contributed by atoms with Crippen molar-refractivity contribution in [3.8, 4) is 17.2 Å². The Balaban J connectivity index is 1.72. The highest BCUT2D eigenvalue weighted by molar-refractivity contribution is 7.80. The van der Waals surface area contributed by atoms with E-state index in [0.29, 0.717) is 64.1 Å². The molecule has 3 N–H and O–H groups in total. The quantitative estimate of drug-likeness (QED) is 0.0254. The van der Waals surface area contributed by atoms with Crippen LogP contribution in [0.3, 0.4) is 0 Å². The Morgan fingerprint density at radius 2 is 0.703 bits per heavy atom. The summed E-state index contributed by atoms with van der Waals surface area (Å²) in [5.41, 5.74) is 5.65. The molecule has 0 aromatic heterocycles. The van der Waals surface area contributed by atoms with Crippen molar-refractivity contribution in [3.63, 3.8) is 0 Å². The van der Waals surface area contributed by atoms with Crippen LogP contribution >= 0.6 is 12.2 Å². The second-order valence-corrected chi connectivity index (χ2v) is 18.5. The third kappa shape index (κ3) is 19.6. The molecule has 0 heterocycles. The summed E-state index contributed by atoms with van der Waals surface area (Å²) >= 11 is 5.69. The summed E-state index contributed by atoms with van der Waals surface area (Å²) in [6.45, 7) is 12.2. The summed E-state index contributed by atoms with van der Waals surface area (Å²) in [5, 5.41) is 31.1. The van der Waals surface area contributed by atoms with E-state index in [2.05, 4.69) is 6.92 Å². The molecule has 0 atom stereocenters. The van der Waals surface area contributed by atoms with Crippen molar-refractivity contribution < 1.29 is 48.7 Å². The minimum atomic E-state index is -1.29. The molecule has 11 heteroatoms. The summed E-state index contributed by atoms with van der Waals surface area (Å²) in [5.74, 6) is -0.836. The van der Waals surface area contributed by atoms with Crippen molar-refractivity contribution in [2.24, 2.45) is 5.41 Å². The van der Waals surface area contributed by atoms with E-state index in [4.69, 9.17) is 31.2 Å². The third-order valence-electron chi connectivity index (χ3n) is 11.9. The van der Waals surface area contributed by atoms with E-state index in [9.17, 15) is 29.7 Å². The van der Waals surface area contributed by atoms with Crippen molar-refractivity contribution >= 4 is 35.2 Å². The maximum atomic E-state index is 13.3. The van der Waals surface area contributed by atoms with Crippen LogP contribution in [0.2, 0.25) is 0 Å². The number of thiocarbonyl (C=S) groups is 1. The Bertz CT molecular complexity index is 1710. The molecule has 3 aromatic carbocycles. The van der Waals surface area contributed by atoms with Crippen molar-refractivity contribution in [2.45, 2.75) is 170 Å². The van der Waals surface area contributed by atoms with Crippen molar-refractivity contribution in [2.75, 3.05) is 26.4 Å². The van der Waals surface area contributed by atoms with Gasteiger partial charge in [0.15, 0.2) is 5.05 Å². The van der Waals surface area contributed by atoms with Gasteiger partial charge in [-0.3, -0.25) is 14.4 Å². The lowest BCUT2D eigenvalue weighted by Crippen LogP contribution is -2.44. The molecular weight excluding hydrogens is 829 g/mol. The number of aromatic hydroxyl groups is 3. The van der Waals surface area contributed by atoms with Gasteiger partial charge in [-0.2, -0.15) is 0 Å². The minimum absolute atomic E-state index is 0.0501. The highest BCUT2D eigenvalue weighted by atomic mass is 32.1. The molecule has 0 spiro atoms. The minimum Gasteiger partial charge on any atom is -0.507 e. The fourth-order valence-corrected chi connectivity index (χ4v) is 8.10. The first-order valence-electron chi connectivity index (χ1n) is 23.5. The molecule has 0 aliphatic carbocycles. The molecule has 0 fully saturated rings. The topological polar surface area (TPSA) is 149 Å². The largest absolute Gasteiger partial charge is 0.507 e. The molecule has 0 unspecified atom stereocenters. The lowest BCUT2D eigenvalue weighted by Gasteiger charge is -2.32. The number of aryl methyl sites for hydroxylation is 9. The van der Waals surface area contributed by atoms with Crippen LogP contribution in [0.25, 0.3) is 0 Å². The summed E-state index contributed by atoms with van der Waals surface area (Å²) in [6.07, 6.45) is 16.5. The first-order valence-corrected chi connectivity index (χ1v) is 23.9. The molecule has 10 nitrogen and oxygen atoms in total. The predicted octanol–water partition coefficient (Wildman–Crippen LogP) is 11.9. The summed E-state index contributed by atoms with van der Waals surface area (Å²) in [6, 6.07) is 11.0. The number of benzene rings is 3. The number of ether oxygens (including phenoxy) is 4. The van der Waals surface area contributed by atoms with Gasteiger partial charge in [-0.1, -0.05) is 114 Å². The Morgan fingerprint density at radius 3 is 1.00 bits per heavy atom. The maximum Gasteiger partial charge on any atom is 0.306 e. The van der Waals surface area contributed by atoms with Gasteiger partial charge >= 0.3 is 17.9 Å². The Morgan fingerprint density at radius 1 is 0.438 bits per heavy atom. The summed E-state index contributed by atoms with van der Waals surface area (Å²) in [7, 11) is 0. The van der Waals surface area contributed by atoms with Crippen LogP contribution in [0.4, 0.5) is 0 Å². The zero-order valence-corrected chi connectivity index (χ0v) is 40.7. The standard InChI is InChI=1S/C53H76O10S/c1-8-9-10-11-12-13-14-15-16-17-18-19-20-49(64)63-36-53(33-60-46(54)24-21-43-27-37(2)50(57)38(3)28-43,34-61-47(55)25-22-44-29-39(4)51(58)40(5)30-44)35-62-48(56)26-23-45-31-41(6)52(59)42(7)32-45/h27-32,57-59H,8-26,33-36H2,1-7H3. The number of unbranched alkanes of at least 4 members (excludes halogenated alkanes) is 11. The van der Waals surface area contributed by atoms with Gasteiger partial charge in [0.1, 0.15) is 49.1 Å². The molecule has 3 rings (SSSR count). The molecule has 0 saturated heterocycles. The molecule has 3 aromatic rings. The van der Waals surface area contributed by atoms with Crippen molar-refractivity contribution in [1.29, 1.82) is 0 Å². The Kier molecular flexibility index (Phi) is 23.8. The van der Waals surface area contributed by atoms with Crippen LogP contribution < -0.4 is 0 Å². The van der Waals surface area contributed by atoms with E-state index in [1.807, 2.05) is 77.9 Å². The van der Waals surface area contributed by atoms with E-state index < -0.39 is 23.3 Å². The molecule has 0 amide bonds. The van der Waals surface area contributed by atoms with E-state index in [1.165, 1.54) is 57.8 Å². The molecular formula is C53H76O10S. The monoisotopic (exact) mass is 905 g/mol. The fraction of sp³-hybridized carbons (Fsp3) is 0.585. The number of phenolic OH excluding ortho intramolecular Hbond substituents is 3. The van der Waals surface area contributed by atoms with Crippen LogP contribution in [0.1, 0.15) is 160 Å². The zero-order chi connectivity index (χ0) is 47.1. The predicted molar refractivity (Wildman–Crippen MR) is 257 cm³/mol. The lowest BCUT2D eigenvalue weighted by molar-refractivity contribution is -0.164. The number of hydrogen-bond acceptors (Lipinski definition) is 11. The van der Waals surface area contributed by atoms with Gasteiger partial charge in [-0.25, -0.2) is 0 Å². The van der Waals surface area contributed by atoms with Gasteiger partial charge in [0.05, 0.1) is 0 Å². The van der Waals surface area contributed by atoms with Gasteiger partial charge in [-0.05, 0) is 130 Å². The van der Waals surface area contributed by atoms with Gasteiger partial charge in [0.2, 0.25) is 0 Å². The van der Waals surface area contributed by atoms with E-state index in [0.717, 1.165) is 36.0 Å². The van der Waals surface area contributed by atoms with E-state index in [1.54, 1.807) is 0 Å². The number of hydrogen-bond donors (Lipinski definition) is 3. The molecule has 0 bridgehead atoms. The van der Waals surface area contributed by atoms with Crippen LogP contribution in [0, 0.1) is 47.0 Å². The summed E-state index contributed by atoms with van der Waals surface area (Å²) in [4.78, 5) is 40.0. The number of rotatable bonds is 30. The van der Waals surface area contributed by atoms with Crippen LogP contribution in [-0.4, -0.2) is 64.7 Å². The van der Waals surface area contributed by atoms with E-state index in [-0.39, 0.29) is 62.9 Å². The van der Waals surface area contributed by atoms with Crippen LogP contribution in [-0.2, 0) is 52.6 Å². The average molecular weight is 905 g/mol. The maximum absolute atomic E-state index is 13.3. The fourth-order valence-electron chi connectivity index (χ4n) is 7.89. The summed E-state index contributed by atoms with van der Waals surface area (Å²) < 4.78 is 23.8. The second kappa shape index (κ2) is 28.3. The third-order valence-corrected chi connectivity index (χ3v) is 12.2. The molecule has 0 radical (unpaired) electrons. The SMILES string of the molecule is CCCCCCCCCCCCCCC(=S)OCC(COC(=O)CCc1cc(C)c(O)c(C)c1)(COC(=O)CCc1cc(C)c(O)c(C)c1)COC(=O)CCc1cc(C)c(O)c(C)c1. The molecule has 0 aliphatic rings. The van der Waals surface area contributed by atoms with Crippen molar-refractivity contribution in [1.82, 2.24) is 0 Å². The van der Waals surface area contributed by atoms with Crippen LogP contribution in [0.5, 0.6) is 17.2 Å². The Hall–Kier alpha value is -4.64. The van der Waals surface area contributed by atoms with Gasteiger partial charge < -0.3 is 34.3 Å². The van der Waals surface area contributed by atoms with Gasteiger partial charge in [-0.15, -0.1) is 0 Å². The normalized spacial score (nSPS) is 11.4. The highest BCUT2D eigenvalue weighted by Crippen LogP contribution is 2.28. The zero-order valence-electron chi connectivity index (χ0n) is 39.8. The number of carbonyl (C=O) groups is 3. The van der Waals surface area contributed by atoms with E-state index >= 15 is 0 Å². The Labute approximate surface area is 388 Å². The molecule has 354 valence electrons. The number of phenols is 3.